The summed E-state index contributed by atoms with van der Waals surface area (Å²) >= 11 is 0. The van der Waals surface area contributed by atoms with Crippen molar-refractivity contribution in [3.63, 3.8) is 0 Å². The van der Waals surface area contributed by atoms with Crippen LogP contribution in [0, 0.1) is 10.1 Å². The molecule has 0 aliphatic heterocycles. The largest absolute Gasteiger partial charge is 0.298 e. The zero-order valence-electron chi connectivity index (χ0n) is 12.9. The highest BCUT2D eigenvalue weighted by atomic mass is 32.2. The molecule has 0 bridgehead atoms. The molecule has 1 saturated carbocycles. The Balaban J connectivity index is 2.09. The Morgan fingerprint density at radius 1 is 1.23 bits per heavy atom. The smallest absolute Gasteiger partial charge is 0.269 e. The highest BCUT2D eigenvalue weighted by Gasteiger charge is 2.35. The average Bonchev–Trinajstić information content (AvgIpc) is 2.47. The van der Waals surface area contributed by atoms with Gasteiger partial charge in [-0.15, -0.1) is 0 Å². The molecule has 1 aliphatic rings. The first-order chi connectivity index (χ1) is 10.3. The lowest BCUT2D eigenvalue weighted by atomic mass is 9.93. The monoisotopic (exact) mass is 326 g/mol. The molecule has 2 rings (SSSR count). The highest BCUT2D eigenvalue weighted by molar-refractivity contribution is 7.91. The lowest BCUT2D eigenvalue weighted by Gasteiger charge is -2.37. The number of nitro groups is 1. The van der Waals surface area contributed by atoms with Gasteiger partial charge in [-0.05, 0) is 25.5 Å². The van der Waals surface area contributed by atoms with Crippen LogP contribution in [-0.4, -0.2) is 42.8 Å². The van der Waals surface area contributed by atoms with Gasteiger partial charge in [-0.25, -0.2) is 8.42 Å². The molecule has 0 saturated heterocycles. The molecule has 1 aromatic rings. The van der Waals surface area contributed by atoms with Gasteiger partial charge >= 0.3 is 0 Å². The summed E-state index contributed by atoms with van der Waals surface area (Å²) in [5.41, 5.74) is 1.02. The van der Waals surface area contributed by atoms with E-state index < -0.39 is 14.8 Å². The maximum Gasteiger partial charge on any atom is 0.269 e. The molecule has 0 unspecified atom stereocenters. The standard InChI is InChI=1S/C15H22N2O4S/c1-16(11-12-7-9-13(10-8-12)17(18)19)14-5-3-4-6-15(14)22(2,20)21/h7-10,14-15H,3-6,11H2,1-2H3/t14-,15-/m1/s1. The van der Waals surface area contributed by atoms with E-state index in [9.17, 15) is 18.5 Å². The Bertz CT molecular complexity index is 627. The summed E-state index contributed by atoms with van der Waals surface area (Å²) in [6, 6.07) is 6.44. The SMILES string of the molecule is CN(Cc1ccc([N+](=O)[O-])cc1)[C@@H]1CCCC[C@H]1S(C)(=O)=O. The summed E-state index contributed by atoms with van der Waals surface area (Å²) < 4.78 is 23.9. The highest BCUT2D eigenvalue weighted by Crippen LogP contribution is 2.28. The van der Waals surface area contributed by atoms with Crippen LogP contribution < -0.4 is 0 Å². The first kappa shape index (κ1) is 16.9. The van der Waals surface area contributed by atoms with Crippen LogP contribution in [0.15, 0.2) is 24.3 Å². The molecule has 2 atom stereocenters. The molecular weight excluding hydrogens is 304 g/mol. The normalized spacial score (nSPS) is 22.7. The molecule has 0 spiro atoms. The molecule has 1 aliphatic carbocycles. The van der Waals surface area contributed by atoms with E-state index in [0.717, 1.165) is 24.8 Å². The van der Waals surface area contributed by atoms with Crippen LogP contribution in [-0.2, 0) is 16.4 Å². The van der Waals surface area contributed by atoms with E-state index in [2.05, 4.69) is 4.90 Å². The maximum atomic E-state index is 12.0. The third-order valence-electron chi connectivity index (χ3n) is 4.36. The number of hydrogen-bond acceptors (Lipinski definition) is 5. The van der Waals surface area contributed by atoms with Gasteiger partial charge in [0.15, 0.2) is 9.84 Å². The van der Waals surface area contributed by atoms with Gasteiger partial charge in [0.1, 0.15) is 0 Å². The molecule has 22 heavy (non-hydrogen) atoms. The fraction of sp³-hybridized carbons (Fsp3) is 0.600. The lowest BCUT2D eigenvalue weighted by molar-refractivity contribution is -0.384. The van der Waals surface area contributed by atoms with Crippen LogP contribution >= 0.6 is 0 Å². The van der Waals surface area contributed by atoms with Crippen LogP contribution in [0.2, 0.25) is 0 Å². The molecule has 1 fully saturated rings. The number of rotatable bonds is 5. The van der Waals surface area contributed by atoms with Gasteiger partial charge in [0.2, 0.25) is 0 Å². The third-order valence-corrected chi connectivity index (χ3v) is 6.01. The second kappa shape index (κ2) is 6.75. The van der Waals surface area contributed by atoms with Crippen LogP contribution in [0.1, 0.15) is 31.2 Å². The van der Waals surface area contributed by atoms with Gasteiger partial charge in [-0.3, -0.25) is 15.0 Å². The summed E-state index contributed by atoms with van der Waals surface area (Å²) in [6.45, 7) is 0.592. The molecule has 1 aromatic carbocycles. The zero-order chi connectivity index (χ0) is 16.3. The number of non-ortho nitro benzene ring substituents is 1. The van der Waals surface area contributed by atoms with Crippen LogP contribution in [0.25, 0.3) is 0 Å². The van der Waals surface area contributed by atoms with Crippen molar-refractivity contribution in [1.29, 1.82) is 0 Å². The van der Waals surface area contributed by atoms with Gasteiger partial charge in [0.25, 0.3) is 5.69 Å². The van der Waals surface area contributed by atoms with Crippen molar-refractivity contribution in [2.24, 2.45) is 0 Å². The van der Waals surface area contributed by atoms with Crippen LogP contribution in [0.3, 0.4) is 0 Å². The molecular formula is C15H22N2O4S. The van der Waals surface area contributed by atoms with E-state index in [0.29, 0.717) is 13.0 Å². The Kier molecular flexibility index (Phi) is 5.18. The Labute approximate surface area is 131 Å². The minimum atomic E-state index is -3.06. The average molecular weight is 326 g/mol. The molecule has 122 valence electrons. The quantitative estimate of drug-likeness (QED) is 0.613. The van der Waals surface area contributed by atoms with E-state index in [1.165, 1.54) is 18.4 Å². The van der Waals surface area contributed by atoms with E-state index >= 15 is 0 Å². The summed E-state index contributed by atoms with van der Waals surface area (Å²) in [4.78, 5) is 12.3. The molecule has 7 heteroatoms. The predicted molar refractivity (Wildman–Crippen MR) is 85.5 cm³/mol. The number of sulfone groups is 1. The number of nitrogens with zero attached hydrogens (tertiary/aromatic N) is 2. The molecule has 0 aromatic heterocycles. The van der Waals surface area contributed by atoms with Crippen molar-refractivity contribution >= 4 is 15.5 Å². The van der Waals surface area contributed by atoms with E-state index in [1.54, 1.807) is 12.1 Å². The van der Waals surface area contributed by atoms with E-state index in [1.807, 2.05) is 7.05 Å². The van der Waals surface area contributed by atoms with Gasteiger partial charge in [-0.2, -0.15) is 0 Å². The summed E-state index contributed by atoms with van der Waals surface area (Å²) in [6.07, 6.45) is 4.91. The summed E-state index contributed by atoms with van der Waals surface area (Å²) in [5, 5.41) is 10.3. The molecule has 6 nitrogen and oxygen atoms in total. The van der Waals surface area contributed by atoms with Gasteiger partial charge in [-0.1, -0.05) is 25.0 Å². The fourth-order valence-corrected chi connectivity index (χ4v) is 4.72. The Morgan fingerprint density at radius 3 is 2.36 bits per heavy atom. The van der Waals surface area contributed by atoms with Crippen molar-refractivity contribution in [1.82, 2.24) is 4.90 Å². The predicted octanol–water partition coefficient (Wildman–Crippen LogP) is 2.38. The van der Waals surface area contributed by atoms with Crippen molar-refractivity contribution in [2.45, 2.75) is 43.5 Å². The topological polar surface area (TPSA) is 80.5 Å². The maximum absolute atomic E-state index is 12.0. The van der Waals surface area contributed by atoms with Crippen molar-refractivity contribution in [3.05, 3.63) is 39.9 Å². The second-order valence-electron chi connectivity index (χ2n) is 6.06. The Morgan fingerprint density at radius 2 is 1.82 bits per heavy atom. The number of nitro benzene ring substituents is 1. The zero-order valence-corrected chi connectivity index (χ0v) is 13.8. The van der Waals surface area contributed by atoms with E-state index in [-0.39, 0.29) is 17.0 Å². The molecule has 0 amide bonds. The van der Waals surface area contributed by atoms with Gasteiger partial charge in [0.05, 0.1) is 10.2 Å². The van der Waals surface area contributed by atoms with Crippen LogP contribution in [0.5, 0.6) is 0 Å². The summed E-state index contributed by atoms with van der Waals surface area (Å²) in [5.74, 6) is 0. The second-order valence-corrected chi connectivity index (χ2v) is 8.32. The molecule has 0 heterocycles. The first-order valence-electron chi connectivity index (χ1n) is 7.41. The summed E-state index contributed by atoms with van der Waals surface area (Å²) in [7, 11) is -1.14. The fourth-order valence-electron chi connectivity index (χ4n) is 3.21. The molecule has 0 N–H and O–H groups in total. The first-order valence-corrected chi connectivity index (χ1v) is 9.37. The lowest BCUT2D eigenvalue weighted by Crippen LogP contribution is -2.46. The van der Waals surface area contributed by atoms with Crippen LogP contribution in [0.4, 0.5) is 5.69 Å². The molecule has 0 radical (unpaired) electrons. The van der Waals surface area contributed by atoms with Crippen molar-refractivity contribution in [3.8, 4) is 0 Å². The van der Waals surface area contributed by atoms with Gasteiger partial charge < -0.3 is 0 Å². The number of benzene rings is 1. The van der Waals surface area contributed by atoms with Gasteiger partial charge in [0, 0.05) is 31.0 Å². The minimum absolute atomic E-state index is 0.0129. The van der Waals surface area contributed by atoms with Crippen molar-refractivity contribution < 1.29 is 13.3 Å². The van der Waals surface area contributed by atoms with Crippen molar-refractivity contribution in [2.75, 3.05) is 13.3 Å². The minimum Gasteiger partial charge on any atom is -0.298 e. The van der Waals surface area contributed by atoms with E-state index in [4.69, 9.17) is 0 Å². The third kappa shape index (κ3) is 4.04. The Hall–Kier alpha value is -1.47. The number of hydrogen-bond donors (Lipinski definition) is 0.